The average molecular weight is 215 g/mol. The number of halogens is 1. The van der Waals surface area contributed by atoms with Crippen LogP contribution < -0.4 is 0 Å². The maximum absolute atomic E-state index is 13.4. The van der Waals surface area contributed by atoms with Crippen molar-refractivity contribution in [2.75, 3.05) is 0 Å². The van der Waals surface area contributed by atoms with Crippen molar-refractivity contribution in [2.24, 2.45) is 0 Å². The third-order valence-corrected chi connectivity index (χ3v) is 2.67. The van der Waals surface area contributed by atoms with Crippen LogP contribution >= 0.6 is 0 Å². The summed E-state index contributed by atoms with van der Waals surface area (Å²) < 4.78 is 20.7. The Bertz CT molecular complexity index is 610. The second-order valence-corrected chi connectivity index (χ2v) is 3.70. The van der Waals surface area contributed by atoms with Crippen molar-refractivity contribution in [3.8, 4) is 0 Å². The Kier molecular flexibility index (Phi) is 2.03. The number of hydrogen-bond donors (Lipinski definition) is 0. The molecule has 3 rings (SSSR count). The van der Waals surface area contributed by atoms with E-state index >= 15 is 0 Å². The van der Waals surface area contributed by atoms with Gasteiger partial charge >= 0.3 is 0 Å². The lowest BCUT2D eigenvalue weighted by molar-refractivity contribution is 0.497. The van der Waals surface area contributed by atoms with Gasteiger partial charge in [0.2, 0.25) is 0 Å². The molecule has 0 aliphatic heterocycles. The summed E-state index contributed by atoms with van der Waals surface area (Å²) in [4.78, 5) is 0. The SMILES string of the molecule is Fc1cccc2c1ccn2Cc1ccco1. The minimum Gasteiger partial charge on any atom is -0.467 e. The van der Waals surface area contributed by atoms with E-state index in [2.05, 4.69) is 0 Å². The molecule has 16 heavy (non-hydrogen) atoms. The summed E-state index contributed by atoms with van der Waals surface area (Å²) in [7, 11) is 0. The molecule has 2 heterocycles. The highest BCUT2D eigenvalue weighted by molar-refractivity contribution is 5.80. The summed E-state index contributed by atoms with van der Waals surface area (Å²) in [5.74, 6) is 0.678. The Morgan fingerprint density at radius 1 is 1.12 bits per heavy atom. The molecule has 0 unspecified atom stereocenters. The van der Waals surface area contributed by atoms with Crippen molar-refractivity contribution < 1.29 is 8.81 Å². The number of hydrogen-bond acceptors (Lipinski definition) is 1. The Balaban J connectivity index is 2.08. The summed E-state index contributed by atoms with van der Waals surface area (Å²) in [5.41, 5.74) is 0.886. The lowest BCUT2D eigenvalue weighted by Gasteiger charge is -2.02. The summed E-state index contributed by atoms with van der Waals surface area (Å²) >= 11 is 0. The van der Waals surface area contributed by atoms with Crippen molar-refractivity contribution >= 4 is 10.9 Å². The number of aromatic nitrogens is 1. The van der Waals surface area contributed by atoms with Gasteiger partial charge in [-0.1, -0.05) is 6.07 Å². The van der Waals surface area contributed by atoms with Gasteiger partial charge in [-0.25, -0.2) is 4.39 Å². The van der Waals surface area contributed by atoms with Gasteiger partial charge in [-0.3, -0.25) is 0 Å². The Morgan fingerprint density at radius 2 is 2.06 bits per heavy atom. The normalized spacial score (nSPS) is 11.1. The molecule has 0 amide bonds. The first-order valence-electron chi connectivity index (χ1n) is 5.10. The second-order valence-electron chi connectivity index (χ2n) is 3.70. The van der Waals surface area contributed by atoms with Crippen LogP contribution in [0.15, 0.2) is 53.3 Å². The molecule has 0 saturated heterocycles. The third-order valence-electron chi connectivity index (χ3n) is 2.67. The standard InChI is InChI=1S/C13H10FNO/c14-12-4-1-5-13-11(12)6-7-15(13)9-10-3-2-8-16-10/h1-8H,9H2. The number of nitrogens with zero attached hydrogens (tertiary/aromatic N) is 1. The van der Waals surface area contributed by atoms with Crippen molar-refractivity contribution in [2.45, 2.75) is 6.54 Å². The van der Waals surface area contributed by atoms with Crippen molar-refractivity contribution in [1.82, 2.24) is 4.57 Å². The minimum absolute atomic E-state index is 0.185. The highest BCUT2D eigenvalue weighted by Gasteiger charge is 2.06. The predicted octanol–water partition coefficient (Wildman–Crippen LogP) is 3.42. The zero-order chi connectivity index (χ0) is 11.0. The largest absolute Gasteiger partial charge is 0.467 e. The molecule has 0 atom stereocenters. The van der Waals surface area contributed by atoms with Crippen LogP contribution in [0.1, 0.15) is 5.76 Å². The molecule has 0 saturated carbocycles. The first-order valence-corrected chi connectivity index (χ1v) is 5.10. The lowest BCUT2D eigenvalue weighted by Crippen LogP contribution is -1.96. The highest BCUT2D eigenvalue weighted by Crippen LogP contribution is 2.20. The summed E-state index contributed by atoms with van der Waals surface area (Å²) in [6.07, 6.45) is 3.51. The topological polar surface area (TPSA) is 18.1 Å². The molecule has 0 radical (unpaired) electrons. The molecule has 0 aliphatic carbocycles. The van der Waals surface area contributed by atoms with Gasteiger partial charge in [0.05, 0.1) is 18.3 Å². The van der Waals surface area contributed by atoms with Crippen LogP contribution in [0, 0.1) is 5.82 Å². The molecule has 3 heteroatoms. The van der Waals surface area contributed by atoms with E-state index in [9.17, 15) is 4.39 Å². The minimum atomic E-state index is -0.185. The molecule has 0 N–H and O–H groups in total. The van der Waals surface area contributed by atoms with Crippen LogP contribution in [0.3, 0.4) is 0 Å². The quantitative estimate of drug-likeness (QED) is 0.640. The van der Waals surface area contributed by atoms with Gasteiger partial charge < -0.3 is 8.98 Å². The average Bonchev–Trinajstić information content (AvgIpc) is 2.90. The molecule has 0 spiro atoms. The van der Waals surface area contributed by atoms with Crippen LogP contribution in [0.4, 0.5) is 4.39 Å². The molecule has 2 nitrogen and oxygen atoms in total. The number of fused-ring (bicyclic) bond motifs is 1. The monoisotopic (exact) mass is 215 g/mol. The molecular formula is C13H10FNO. The van der Waals surface area contributed by atoms with Gasteiger partial charge in [0.25, 0.3) is 0 Å². The fourth-order valence-electron chi connectivity index (χ4n) is 1.89. The Morgan fingerprint density at radius 3 is 2.88 bits per heavy atom. The number of furan rings is 1. The Labute approximate surface area is 91.9 Å². The van der Waals surface area contributed by atoms with E-state index in [-0.39, 0.29) is 5.82 Å². The molecule has 3 aromatic rings. The van der Waals surface area contributed by atoms with Crippen molar-refractivity contribution in [3.63, 3.8) is 0 Å². The van der Waals surface area contributed by atoms with E-state index in [1.165, 1.54) is 6.07 Å². The zero-order valence-corrected chi connectivity index (χ0v) is 8.56. The van der Waals surface area contributed by atoms with Crippen molar-refractivity contribution in [1.29, 1.82) is 0 Å². The third kappa shape index (κ3) is 1.41. The predicted molar refractivity (Wildman–Crippen MR) is 59.7 cm³/mol. The van der Waals surface area contributed by atoms with Crippen LogP contribution in [0.2, 0.25) is 0 Å². The van der Waals surface area contributed by atoms with Gasteiger partial charge in [-0.2, -0.15) is 0 Å². The summed E-state index contributed by atoms with van der Waals surface area (Å²) in [5, 5.41) is 0.647. The van der Waals surface area contributed by atoms with E-state index in [1.54, 1.807) is 18.4 Å². The molecule has 1 aromatic carbocycles. The van der Waals surface area contributed by atoms with Crippen molar-refractivity contribution in [3.05, 3.63) is 60.4 Å². The molecule has 80 valence electrons. The molecular weight excluding hydrogens is 205 g/mol. The van der Waals surface area contributed by atoms with Crippen LogP contribution in [-0.4, -0.2) is 4.57 Å². The summed E-state index contributed by atoms with van der Waals surface area (Å²) in [6.45, 7) is 0.625. The van der Waals surface area contributed by atoms with Gasteiger partial charge in [0, 0.05) is 11.6 Å². The van der Waals surface area contributed by atoms with E-state index < -0.39 is 0 Å². The zero-order valence-electron chi connectivity index (χ0n) is 8.56. The van der Waals surface area contributed by atoms with E-state index in [4.69, 9.17) is 4.42 Å². The van der Waals surface area contributed by atoms with Gasteiger partial charge in [-0.15, -0.1) is 0 Å². The fourth-order valence-corrected chi connectivity index (χ4v) is 1.89. The van der Waals surface area contributed by atoms with E-state index in [1.807, 2.05) is 29.0 Å². The lowest BCUT2D eigenvalue weighted by atomic mass is 10.2. The van der Waals surface area contributed by atoms with Gasteiger partial charge in [0.1, 0.15) is 11.6 Å². The molecule has 0 aliphatic rings. The molecule has 0 bridgehead atoms. The van der Waals surface area contributed by atoms with Crippen LogP contribution in [-0.2, 0) is 6.54 Å². The first kappa shape index (κ1) is 9.21. The molecule has 0 fully saturated rings. The number of benzene rings is 1. The van der Waals surface area contributed by atoms with E-state index in [0.29, 0.717) is 11.9 Å². The Hall–Kier alpha value is -2.03. The van der Waals surface area contributed by atoms with E-state index in [0.717, 1.165) is 11.3 Å². The van der Waals surface area contributed by atoms with Gasteiger partial charge in [-0.05, 0) is 30.3 Å². The number of rotatable bonds is 2. The van der Waals surface area contributed by atoms with Crippen LogP contribution in [0.5, 0.6) is 0 Å². The molecule has 2 aromatic heterocycles. The maximum atomic E-state index is 13.4. The second kappa shape index (κ2) is 3.52. The summed E-state index contributed by atoms with van der Waals surface area (Å²) in [6, 6.07) is 10.6. The van der Waals surface area contributed by atoms with Gasteiger partial charge in [0.15, 0.2) is 0 Å². The maximum Gasteiger partial charge on any atom is 0.132 e. The smallest absolute Gasteiger partial charge is 0.132 e. The van der Waals surface area contributed by atoms with Crippen LogP contribution in [0.25, 0.3) is 10.9 Å². The fraction of sp³-hybridized carbons (Fsp3) is 0.0769. The first-order chi connectivity index (χ1) is 7.84. The highest BCUT2D eigenvalue weighted by atomic mass is 19.1.